The average Bonchev–Trinajstić information content (AvgIpc) is 2.87. The van der Waals surface area contributed by atoms with E-state index in [0.29, 0.717) is 47.5 Å². The number of hydrogen-bond donors (Lipinski definition) is 2. The normalized spacial score (nSPS) is 18.8. The van der Waals surface area contributed by atoms with E-state index in [1.54, 1.807) is 12.4 Å². The smallest absolute Gasteiger partial charge is 0.167 e. The largest absolute Gasteiger partial charge is 0.489 e. The zero-order valence-corrected chi connectivity index (χ0v) is 22.4. The fourth-order valence-electron chi connectivity index (χ4n) is 4.54. The van der Waals surface area contributed by atoms with Crippen LogP contribution in [0.4, 0.5) is 5.69 Å². The Morgan fingerprint density at radius 1 is 1.33 bits per heavy atom. The highest BCUT2D eigenvalue weighted by atomic mass is 35.5. The molecule has 0 spiro atoms. The van der Waals surface area contributed by atoms with Crippen molar-refractivity contribution in [3.63, 3.8) is 0 Å². The highest BCUT2D eigenvalue weighted by Gasteiger charge is 2.25. The predicted octanol–water partition coefficient (Wildman–Crippen LogP) is 4.54. The molecule has 1 saturated heterocycles. The molecule has 192 valence electrons. The first-order chi connectivity index (χ1) is 17.5. The van der Waals surface area contributed by atoms with Crippen LogP contribution in [0.1, 0.15) is 37.3 Å². The highest BCUT2D eigenvalue weighted by Crippen LogP contribution is 2.28. The van der Waals surface area contributed by atoms with Crippen LogP contribution in [-0.2, 0) is 22.5 Å². The molecule has 9 heteroatoms. The number of nitrogens with zero attached hydrogens (tertiary/aromatic N) is 2. The van der Waals surface area contributed by atoms with Crippen LogP contribution in [-0.4, -0.2) is 60.1 Å². The molecule has 36 heavy (non-hydrogen) atoms. The molecule has 0 saturated carbocycles. The summed E-state index contributed by atoms with van der Waals surface area (Å²) in [7, 11) is 2.08. The first-order valence-electron chi connectivity index (χ1n) is 12.4. The van der Waals surface area contributed by atoms with Crippen LogP contribution >= 0.6 is 23.8 Å². The van der Waals surface area contributed by atoms with Gasteiger partial charge in [-0.15, -0.1) is 0 Å². The topological polar surface area (TPSA) is 75.7 Å². The molecule has 2 aromatic rings. The summed E-state index contributed by atoms with van der Waals surface area (Å²) in [5, 5.41) is 7.43. The molecule has 1 aromatic carbocycles. The van der Waals surface area contributed by atoms with Gasteiger partial charge in [0, 0.05) is 54.2 Å². The number of benzene rings is 1. The van der Waals surface area contributed by atoms with Gasteiger partial charge in [0.05, 0.1) is 18.4 Å². The molecule has 0 bridgehead atoms. The maximum Gasteiger partial charge on any atom is 0.167 e. The van der Waals surface area contributed by atoms with Gasteiger partial charge in [-0.3, -0.25) is 9.78 Å². The van der Waals surface area contributed by atoms with Crippen LogP contribution in [0.25, 0.3) is 0 Å². The Hall–Kier alpha value is -2.52. The SMILES string of the molecule is CCc1c(Cl)cccc1NC(=S)C1=C(NCc2ccncc2OCC2CN(C)CCO2)CCCC1=O. The third-order valence-electron chi connectivity index (χ3n) is 6.49. The summed E-state index contributed by atoms with van der Waals surface area (Å²) < 4.78 is 11.9. The van der Waals surface area contributed by atoms with Crippen molar-refractivity contribution in [2.75, 3.05) is 38.7 Å². The molecule has 2 N–H and O–H groups in total. The zero-order valence-electron chi connectivity index (χ0n) is 20.8. The molecule has 2 aliphatic rings. The van der Waals surface area contributed by atoms with Crippen molar-refractivity contribution in [3.05, 3.63) is 64.1 Å². The number of anilines is 1. The number of aromatic nitrogens is 1. The quantitative estimate of drug-likeness (QED) is 0.459. The monoisotopic (exact) mass is 528 g/mol. The van der Waals surface area contributed by atoms with Crippen LogP contribution in [0, 0.1) is 0 Å². The van der Waals surface area contributed by atoms with Gasteiger partial charge in [0.25, 0.3) is 0 Å². The number of pyridine rings is 1. The second kappa shape index (κ2) is 12.6. The second-order valence-corrected chi connectivity index (χ2v) is 9.92. The number of Topliss-reactive ketones (excluding diaryl/α,β-unsaturated/α-hetero) is 1. The van der Waals surface area contributed by atoms with E-state index >= 15 is 0 Å². The molecular formula is C27H33ClN4O3S. The summed E-state index contributed by atoms with van der Waals surface area (Å²) in [5.41, 5.74) is 4.17. The van der Waals surface area contributed by atoms with Crippen LogP contribution in [0.2, 0.25) is 5.02 Å². The van der Waals surface area contributed by atoms with Gasteiger partial charge in [-0.05, 0) is 50.1 Å². The van der Waals surface area contributed by atoms with Crippen molar-refractivity contribution in [1.29, 1.82) is 0 Å². The number of likely N-dealkylation sites (N-methyl/N-ethyl adjacent to an activating group) is 1. The summed E-state index contributed by atoms with van der Waals surface area (Å²) in [5.74, 6) is 0.754. The third kappa shape index (κ3) is 6.62. The van der Waals surface area contributed by atoms with Crippen molar-refractivity contribution in [2.24, 2.45) is 0 Å². The van der Waals surface area contributed by atoms with Crippen LogP contribution in [0.15, 0.2) is 47.9 Å². The molecule has 7 nitrogen and oxygen atoms in total. The van der Waals surface area contributed by atoms with E-state index in [0.717, 1.165) is 54.9 Å². The Balaban J connectivity index is 1.47. The van der Waals surface area contributed by atoms with E-state index in [9.17, 15) is 4.79 Å². The number of allylic oxidation sites excluding steroid dienone is 1. The van der Waals surface area contributed by atoms with Gasteiger partial charge in [0.2, 0.25) is 0 Å². The van der Waals surface area contributed by atoms with Crippen molar-refractivity contribution < 1.29 is 14.3 Å². The maximum absolute atomic E-state index is 12.9. The minimum absolute atomic E-state index is 0.0259. The number of morpholine rings is 1. The number of carbonyl (C=O) groups is 1. The van der Waals surface area contributed by atoms with E-state index in [4.69, 9.17) is 33.3 Å². The first-order valence-corrected chi connectivity index (χ1v) is 13.2. The lowest BCUT2D eigenvalue weighted by molar-refractivity contribution is -0.115. The summed E-state index contributed by atoms with van der Waals surface area (Å²) in [6.45, 7) is 5.48. The summed E-state index contributed by atoms with van der Waals surface area (Å²) in [6.07, 6.45) is 6.28. The van der Waals surface area contributed by atoms with Crippen molar-refractivity contribution >= 4 is 40.3 Å². The summed E-state index contributed by atoms with van der Waals surface area (Å²) in [6, 6.07) is 7.60. The third-order valence-corrected chi connectivity index (χ3v) is 7.15. The zero-order chi connectivity index (χ0) is 25.5. The standard InChI is InChI=1S/C27H33ClN4O3S/c1-3-20-21(28)6-4-7-22(20)31-27(36)26-23(8-5-9-24(26)33)30-14-18-10-11-29-15-25(18)35-17-19-16-32(2)12-13-34-19/h4,6-7,10-11,15,19,30H,3,5,8-9,12-14,16-17H2,1-2H3,(H,31,36). The molecule has 1 unspecified atom stereocenters. The molecule has 1 aliphatic heterocycles. The minimum Gasteiger partial charge on any atom is -0.489 e. The Bertz CT molecular complexity index is 1140. The van der Waals surface area contributed by atoms with E-state index in [-0.39, 0.29) is 11.9 Å². The van der Waals surface area contributed by atoms with Crippen molar-refractivity contribution in [2.45, 2.75) is 45.3 Å². The predicted molar refractivity (Wildman–Crippen MR) is 147 cm³/mol. The number of ketones is 1. The van der Waals surface area contributed by atoms with Crippen molar-refractivity contribution in [3.8, 4) is 5.75 Å². The Morgan fingerprint density at radius 2 is 2.19 bits per heavy atom. The molecule has 0 amide bonds. The maximum atomic E-state index is 12.9. The van der Waals surface area contributed by atoms with Gasteiger partial charge < -0.3 is 25.0 Å². The molecule has 1 fully saturated rings. The fourth-order valence-corrected chi connectivity index (χ4v) is 5.20. The lowest BCUT2D eigenvalue weighted by atomic mass is 9.94. The fraction of sp³-hybridized carbons (Fsp3) is 0.444. The van der Waals surface area contributed by atoms with Gasteiger partial charge >= 0.3 is 0 Å². The van der Waals surface area contributed by atoms with Gasteiger partial charge in [-0.2, -0.15) is 0 Å². The molecule has 1 aliphatic carbocycles. The first kappa shape index (κ1) is 26.5. The molecule has 4 rings (SSSR count). The van der Waals surface area contributed by atoms with Crippen LogP contribution < -0.4 is 15.4 Å². The van der Waals surface area contributed by atoms with Gasteiger partial charge in [-0.25, -0.2) is 0 Å². The average molecular weight is 529 g/mol. The minimum atomic E-state index is 0.0259. The number of nitrogens with one attached hydrogen (secondary N) is 2. The van der Waals surface area contributed by atoms with Crippen LogP contribution in [0.5, 0.6) is 5.75 Å². The Labute approximate surface area is 223 Å². The Kier molecular flexibility index (Phi) is 9.31. The Morgan fingerprint density at radius 3 is 3.00 bits per heavy atom. The molecule has 1 atom stereocenters. The highest BCUT2D eigenvalue weighted by molar-refractivity contribution is 7.81. The number of carbonyl (C=O) groups excluding carboxylic acids is 1. The molecular weight excluding hydrogens is 496 g/mol. The summed E-state index contributed by atoms with van der Waals surface area (Å²) >= 11 is 12.1. The van der Waals surface area contributed by atoms with E-state index < -0.39 is 0 Å². The van der Waals surface area contributed by atoms with Crippen molar-refractivity contribution in [1.82, 2.24) is 15.2 Å². The molecule has 1 aromatic heterocycles. The molecule has 0 radical (unpaired) electrons. The number of hydrogen-bond acceptors (Lipinski definition) is 7. The van der Waals surface area contributed by atoms with E-state index in [1.165, 1.54) is 0 Å². The summed E-state index contributed by atoms with van der Waals surface area (Å²) in [4.78, 5) is 19.8. The van der Waals surface area contributed by atoms with Gasteiger partial charge in [0.15, 0.2) is 5.78 Å². The second-order valence-electron chi connectivity index (χ2n) is 9.11. The lowest BCUT2D eigenvalue weighted by Gasteiger charge is -2.30. The number of ether oxygens (including phenoxy) is 2. The van der Waals surface area contributed by atoms with Crippen LogP contribution in [0.3, 0.4) is 0 Å². The number of halogens is 1. The van der Waals surface area contributed by atoms with Gasteiger partial charge in [-0.1, -0.05) is 36.8 Å². The van der Waals surface area contributed by atoms with E-state index in [1.807, 2.05) is 31.2 Å². The molecule has 2 heterocycles. The number of thiocarbonyl (C=S) groups is 1. The van der Waals surface area contributed by atoms with Gasteiger partial charge in [0.1, 0.15) is 23.4 Å². The lowest BCUT2D eigenvalue weighted by Crippen LogP contribution is -2.42. The van der Waals surface area contributed by atoms with E-state index in [2.05, 4.69) is 27.6 Å². The number of rotatable bonds is 9.